The van der Waals surface area contributed by atoms with Gasteiger partial charge in [0, 0.05) is 10.7 Å². The topological polar surface area (TPSA) is 49.9 Å². The van der Waals surface area contributed by atoms with Gasteiger partial charge >= 0.3 is 0 Å². The molecular weight excluding hydrogens is 273 g/mol. The van der Waals surface area contributed by atoms with Crippen LogP contribution in [0.5, 0.6) is 0 Å². The van der Waals surface area contributed by atoms with E-state index in [4.69, 9.17) is 0 Å². The SMILES string of the molecule is O=[SH](=O)c1c[nH]c2cc(Br)cc(F)c12. The van der Waals surface area contributed by atoms with Gasteiger partial charge in [-0.1, -0.05) is 15.9 Å². The highest BCUT2D eigenvalue weighted by Gasteiger charge is 2.11. The lowest BCUT2D eigenvalue weighted by Crippen LogP contribution is -1.82. The number of nitrogens with one attached hydrogen (secondary N) is 1. The molecule has 0 aliphatic rings. The predicted octanol–water partition coefficient (Wildman–Crippen LogP) is 2.04. The van der Waals surface area contributed by atoms with E-state index in [1.165, 1.54) is 12.3 Å². The van der Waals surface area contributed by atoms with Crippen molar-refractivity contribution in [1.82, 2.24) is 4.98 Å². The molecule has 1 aromatic heterocycles. The van der Waals surface area contributed by atoms with Crippen molar-refractivity contribution in [3.63, 3.8) is 0 Å². The van der Waals surface area contributed by atoms with Crippen molar-refractivity contribution in [2.75, 3.05) is 0 Å². The Balaban J connectivity index is 2.92. The molecule has 0 radical (unpaired) electrons. The van der Waals surface area contributed by atoms with Crippen LogP contribution in [0.3, 0.4) is 0 Å². The van der Waals surface area contributed by atoms with Crippen LogP contribution >= 0.6 is 15.9 Å². The van der Waals surface area contributed by atoms with Gasteiger partial charge < -0.3 is 4.98 Å². The van der Waals surface area contributed by atoms with E-state index in [0.717, 1.165) is 0 Å². The van der Waals surface area contributed by atoms with Crippen molar-refractivity contribution < 1.29 is 12.8 Å². The summed E-state index contributed by atoms with van der Waals surface area (Å²) >= 11 is 3.12. The average Bonchev–Trinajstić information content (AvgIpc) is 2.47. The Kier molecular flexibility index (Phi) is 2.32. The second kappa shape index (κ2) is 3.36. The Morgan fingerprint density at radius 1 is 1.36 bits per heavy atom. The van der Waals surface area contributed by atoms with Crippen LogP contribution in [0.2, 0.25) is 0 Å². The molecule has 0 spiro atoms. The van der Waals surface area contributed by atoms with Gasteiger partial charge in [0.2, 0.25) is 0 Å². The van der Waals surface area contributed by atoms with E-state index < -0.39 is 16.5 Å². The Hall–Kier alpha value is -0.880. The first kappa shape index (κ1) is 9.67. The van der Waals surface area contributed by atoms with E-state index in [2.05, 4.69) is 20.9 Å². The van der Waals surface area contributed by atoms with Crippen LogP contribution in [-0.4, -0.2) is 13.4 Å². The van der Waals surface area contributed by atoms with Gasteiger partial charge in [0.15, 0.2) is 10.7 Å². The molecule has 0 saturated heterocycles. The number of aromatic amines is 1. The Morgan fingerprint density at radius 2 is 2.07 bits per heavy atom. The van der Waals surface area contributed by atoms with Crippen LogP contribution in [-0.2, 0) is 10.7 Å². The van der Waals surface area contributed by atoms with Crippen LogP contribution in [0.4, 0.5) is 4.39 Å². The third-order valence-corrected chi connectivity index (χ3v) is 3.08. The Morgan fingerprint density at radius 3 is 2.71 bits per heavy atom. The van der Waals surface area contributed by atoms with Gasteiger partial charge in [0.1, 0.15) is 5.82 Å². The van der Waals surface area contributed by atoms with Crippen LogP contribution in [0.15, 0.2) is 27.7 Å². The van der Waals surface area contributed by atoms with Gasteiger partial charge in [0.25, 0.3) is 0 Å². The summed E-state index contributed by atoms with van der Waals surface area (Å²) in [4.78, 5) is 2.68. The normalized spacial score (nSPS) is 11.4. The van der Waals surface area contributed by atoms with Crippen LogP contribution in [0, 0.1) is 5.82 Å². The summed E-state index contributed by atoms with van der Waals surface area (Å²) in [5.41, 5.74) is 0.464. The Bertz CT molecular complexity index is 568. The smallest absolute Gasteiger partial charge is 0.170 e. The second-order valence-electron chi connectivity index (χ2n) is 2.74. The van der Waals surface area contributed by atoms with Crippen molar-refractivity contribution >= 4 is 37.5 Å². The molecule has 2 rings (SSSR count). The Labute approximate surface area is 89.0 Å². The first-order valence-electron chi connectivity index (χ1n) is 3.70. The summed E-state index contributed by atoms with van der Waals surface area (Å²) in [5, 5.41) is 0.115. The number of fused-ring (bicyclic) bond motifs is 1. The fourth-order valence-electron chi connectivity index (χ4n) is 1.31. The molecule has 3 nitrogen and oxygen atoms in total. The third kappa shape index (κ3) is 1.44. The molecule has 6 heteroatoms. The minimum absolute atomic E-state index is 0.0139. The molecule has 2 aromatic rings. The lowest BCUT2D eigenvalue weighted by molar-refractivity contribution is 0.612. The monoisotopic (exact) mass is 277 g/mol. The molecule has 0 aliphatic carbocycles. The lowest BCUT2D eigenvalue weighted by Gasteiger charge is -1.95. The fourth-order valence-corrected chi connectivity index (χ4v) is 2.32. The van der Waals surface area contributed by atoms with Crippen LogP contribution in [0.25, 0.3) is 10.9 Å². The number of aromatic nitrogens is 1. The van der Waals surface area contributed by atoms with Gasteiger partial charge in [-0.05, 0) is 12.1 Å². The molecule has 0 saturated carbocycles. The maximum Gasteiger partial charge on any atom is 0.170 e. The maximum atomic E-state index is 13.4. The molecule has 0 unspecified atom stereocenters. The number of halogens is 2. The van der Waals surface area contributed by atoms with Gasteiger partial charge in [-0.25, -0.2) is 12.8 Å². The van der Waals surface area contributed by atoms with Crippen molar-refractivity contribution in [1.29, 1.82) is 0 Å². The highest BCUT2D eigenvalue weighted by Crippen LogP contribution is 2.26. The molecule has 0 aliphatic heterocycles. The highest BCUT2D eigenvalue weighted by molar-refractivity contribution is 9.10. The molecule has 1 aromatic carbocycles. The van der Waals surface area contributed by atoms with Crippen molar-refractivity contribution in [3.8, 4) is 0 Å². The molecule has 14 heavy (non-hydrogen) atoms. The predicted molar refractivity (Wildman–Crippen MR) is 54.5 cm³/mol. The van der Waals surface area contributed by atoms with Crippen LogP contribution in [0.1, 0.15) is 0 Å². The number of hydrogen-bond acceptors (Lipinski definition) is 2. The molecule has 1 heterocycles. The van der Waals surface area contributed by atoms with E-state index in [0.29, 0.717) is 9.99 Å². The van der Waals surface area contributed by atoms with E-state index >= 15 is 0 Å². The van der Waals surface area contributed by atoms with Gasteiger partial charge in [0.05, 0.1) is 15.8 Å². The minimum atomic E-state index is -2.77. The summed E-state index contributed by atoms with van der Waals surface area (Å²) in [6.45, 7) is 0. The number of benzene rings is 1. The first-order valence-corrected chi connectivity index (χ1v) is 5.67. The molecule has 0 fully saturated rings. The molecule has 0 atom stereocenters. The fraction of sp³-hybridized carbons (Fsp3) is 0. The number of hydrogen-bond donors (Lipinski definition) is 2. The molecule has 74 valence electrons. The summed E-state index contributed by atoms with van der Waals surface area (Å²) in [7, 11) is -2.77. The van der Waals surface area contributed by atoms with E-state index in [1.54, 1.807) is 6.07 Å². The largest absolute Gasteiger partial charge is 0.360 e. The number of rotatable bonds is 1. The molecule has 0 amide bonds. The average molecular weight is 278 g/mol. The molecule has 0 bridgehead atoms. The van der Waals surface area contributed by atoms with Gasteiger partial charge in [-0.15, -0.1) is 0 Å². The van der Waals surface area contributed by atoms with Crippen molar-refractivity contribution in [3.05, 3.63) is 28.6 Å². The number of thiol groups is 1. The van der Waals surface area contributed by atoms with E-state index in [1.807, 2.05) is 0 Å². The lowest BCUT2D eigenvalue weighted by atomic mass is 10.2. The standard InChI is InChI=1S/C8H5BrFNO2S/c9-4-1-5(10)8-6(2-4)11-3-7(8)14(12)13/h1-3,11,14H. The summed E-state index contributed by atoms with van der Waals surface area (Å²) in [6, 6.07) is 2.86. The maximum absolute atomic E-state index is 13.4. The van der Waals surface area contributed by atoms with E-state index in [-0.39, 0.29) is 10.3 Å². The first-order chi connectivity index (χ1) is 6.59. The summed E-state index contributed by atoms with van der Waals surface area (Å²) < 4.78 is 35.5. The minimum Gasteiger partial charge on any atom is -0.360 e. The summed E-state index contributed by atoms with van der Waals surface area (Å²) in [5.74, 6) is -0.551. The van der Waals surface area contributed by atoms with Crippen molar-refractivity contribution in [2.45, 2.75) is 4.90 Å². The quantitative estimate of drug-likeness (QED) is 0.784. The van der Waals surface area contributed by atoms with Gasteiger partial charge in [-0.3, -0.25) is 0 Å². The van der Waals surface area contributed by atoms with E-state index in [9.17, 15) is 12.8 Å². The zero-order valence-electron chi connectivity index (χ0n) is 6.75. The molecular formula is C8H5BrFNO2S. The zero-order chi connectivity index (χ0) is 10.3. The van der Waals surface area contributed by atoms with Crippen molar-refractivity contribution in [2.24, 2.45) is 0 Å². The van der Waals surface area contributed by atoms with Crippen LogP contribution < -0.4 is 0 Å². The number of H-pyrrole nitrogens is 1. The second-order valence-corrected chi connectivity index (χ2v) is 4.65. The van der Waals surface area contributed by atoms with Gasteiger partial charge in [-0.2, -0.15) is 0 Å². The summed E-state index contributed by atoms with van der Waals surface area (Å²) in [6.07, 6.45) is 1.28. The molecule has 1 N–H and O–H groups in total. The zero-order valence-corrected chi connectivity index (χ0v) is 9.23. The highest BCUT2D eigenvalue weighted by atomic mass is 79.9. The third-order valence-electron chi connectivity index (χ3n) is 1.87.